The van der Waals surface area contributed by atoms with Crippen LogP contribution in [0.5, 0.6) is 0 Å². The number of ketones is 1. The van der Waals surface area contributed by atoms with Crippen molar-refractivity contribution in [2.24, 2.45) is 5.92 Å². The molecule has 0 rings (SSSR count). The van der Waals surface area contributed by atoms with Crippen LogP contribution in [-0.2, 0) is 14.4 Å². The third-order valence-electron chi connectivity index (χ3n) is 1.75. The van der Waals surface area contributed by atoms with Crippen molar-refractivity contribution in [3.8, 4) is 0 Å². The molecule has 0 radical (unpaired) electrons. The molecule has 0 spiro atoms. The molecule has 0 amide bonds. The van der Waals surface area contributed by atoms with Gasteiger partial charge in [-0.25, -0.2) is 4.79 Å². The quantitative estimate of drug-likeness (QED) is 0.507. The van der Waals surface area contributed by atoms with Gasteiger partial charge in [0, 0.05) is 0 Å². The molecule has 6 heteroatoms. The van der Waals surface area contributed by atoms with Crippen molar-refractivity contribution in [1.29, 1.82) is 0 Å². The fraction of sp³-hybridized carbons (Fsp3) is 0.667. The highest BCUT2D eigenvalue weighted by Crippen LogP contribution is 2.04. The van der Waals surface area contributed by atoms with Gasteiger partial charge in [-0.05, 0) is 12.3 Å². The number of hydrogen-bond acceptors (Lipinski definition) is 4. The van der Waals surface area contributed by atoms with E-state index in [4.69, 9.17) is 10.2 Å². The Balaban J connectivity index is 4.13. The summed E-state index contributed by atoms with van der Waals surface area (Å²) in [5, 5.41) is 19.4. The van der Waals surface area contributed by atoms with Gasteiger partial charge in [0.25, 0.3) is 5.78 Å². The third-order valence-corrected chi connectivity index (χ3v) is 1.75. The number of carboxylic acid groups (broad SMARTS) is 2. The first-order valence-electron chi connectivity index (χ1n) is 4.57. The predicted octanol–water partition coefficient (Wildman–Crippen LogP) is -0.271. The number of aliphatic carboxylic acids is 2. The Morgan fingerprint density at radius 2 is 1.73 bits per heavy atom. The van der Waals surface area contributed by atoms with Crippen LogP contribution < -0.4 is 5.32 Å². The predicted molar refractivity (Wildman–Crippen MR) is 51.5 cm³/mol. The highest BCUT2D eigenvalue weighted by atomic mass is 16.4. The molecular formula is C9H15NO5. The molecule has 0 saturated carbocycles. The Labute approximate surface area is 87.3 Å². The molecular weight excluding hydrogens is 202 g/mol. The lowest BCUT2D eigenvalue weighted by atomic mass is 10.0. The average Bonchev–Trinajstić information content (AvgIpc) is 2.10. The zero-order chi connectivity index (χ0) is 12.0. The largest absolute Gasteiger partial charge is 0.480 e. The Bertz CT molecular complexity index is 261. The number of nitrogens with one attached hydrogen (secondary N) is 1. The number of carbonyl (C=O) groups excluding carboxylic acids is 1. The SMILES string of the molecule is CC(C)C[C@H](NCC(=O)C(=O)O)C(=O)O. The molecule has 3 N–H and O–H groups in total. The van der Waals surface area contributed by atoms with Gasteiger partial charge in [0.2, 0.25) is 0 Å². The van der Waals surface area contributed by atoms with Gasteiger partial charge in [0.15, 0.2) is 0 Å². The first kappa shape index (κ1) is 13.6. The van der Waals surface area contributed by atoms with Crippen LogP contribution in [-0.4, -0.2) is 40.5 Å². The molecule has 0 aromatic carbocycles. The highest BCUT2D eigenvalue weighted by Gasteiger charge is 2.20. The summed E-state index contributed by atoms with van der Waals surface area (Å²) in [5.74, 6) is -3.53. The van der Waals surface area contributed by atoms with Crippen molar-refractivity contribution in [3.05, 3.63) is 0 Å². The van der Waals surface area contributed by atoms with Crippen LogP contribution in [0.15, 0.2) is 0 Å². The van der Waals surface area contributed by atoms with Gasteiger partial charge in [0.1, 0.15) is 6.04 Å². The molecule has 0 aliphatic carbocycles. The second-order valence-electron chi connectivity index (χ2n) is 3.63. The Morgan fingerprint density at radius 3 is 2.07 bits per heavy atom. The molecule has 0 heterocycles. The van der Waals surface area contributed by atoms with Crippen LogP contribution in [0.3, 0.4) is 0 Å². The summed E-state index contributed by atoms with van der Waals surface area (Å²) in [4.78, 5) is 31.6. The summed E-state index contributed by atoms with van der Waals surface area (Å²) in [7, 11) is 0. The number of rotatable bonds is 7. The van der Waals surface area contributed by atoms with Gasteiger partial charge in [-0.3, -0.25) is 14.9 Å². The molecule has 86 valence electrons. The Hall–Kier alpha value is -1.43. The van der Waals surface area contributed by atoms with Gasteiger partial charge < -0.3 is 10.2 Å². The monoisotopic (exact) mass is 217 g/mol. The summed E-state index contributed by atoms with van der Waals surface area (Å²) in [5.41, 5.74) is 0. The first-order chi connectivity index (χ1) is 6.84. The zero-order valence-corrected chi connectivity index (χ0v) is 8.69. The maximum Gasteiger partial charge on any atom is 0.373 e. The van der Waals surface area contributed by atoms with Crippen LogP contribution in [0.25, 0.3) is 0 Å². The van der Waals surface area contributed by atoms with Gasteiger partial charge in [-0.1, -0.05) is 13.8 Å². The van der Waals surface area contributed by atoms with E-state index in [-0.39, 0.29) is 5.92 Å². The van der Waals surface area contributed by atoms with E-state index in [1.54, 1.807) is 0 Å². The number of carbonyl (C=O) groups is 3. The summed E-state index contributed by atoms with van der Waals surface area (Å²) in [6.45, 7) is 3.23. The second-order valence-corrected chi connectivity index (χ2v) is 3.63. The number of hydrogen-bond donors (Lipinski definition) is 3. The zero-order valence-electron chi connectivity index (χ0n) is 8.69. The topological polar surface area (TPSA) is 104 Å². The van der Waals surface area contributed by atoms with Gasteiger partial charge in [0.05, 0.1) is 6.54 Å². The summed E-state index contributed by atoms with van der Waals surface area (Å²) in [6, 6.07) is -0.881. The molecule has 0 aromatic heterocycles. The van der Waals surface area contributed by atoms with Crippen molar-refractivity contribution in [1.82, 2.24) is 5.32 Å². The Morgan fingerprint density at radius 1 is 1.20 bits per heavy atom. The van der Waals surface area contributed by atoms with Crippen molar-refractivity contribution >= 4 is 17.7 Å². The summed E-state index contributed by atoms with van der Waals surface area (Å²) >= 11 is 0. The molecule has 0 aliphatic rings. The highest BCUT2D eigenvalue weighted by molar-refractivity contribution is 6.33. The summed E-state index contributed by atoms with van der Waals surface area (Å²) < 4.78 is 0. The molecule has 0 aliphatic heterocycles. The fourth-order valence-electron chi connectivity index (χ4n) is 1.03. The van der Waals surface area contributed by atoms with E-state index >= 15 is 0 Å². The van der Waals surface area contributed by atoms with E-state index in [1.807, 2.05) is 13.8 Å². The molecule has 0 bridgehead atoms. The third kappa shape index (κ3) is 5.79. The molecule has 15 heavy (non-hydrogen) atoms. The van der Waals surface area contributed by atoms with E-state index < -0.39 is 30.3 Å². The van der Waals surface area contributed by atoms with Crippen molar-refractivity contribution in [3.63, 3.8) is 0 Å². The average molecular weight is 217 g/mol. The maximum absolute atomic E-state index is 10.7. The van der Waals surface area contributed by atoms with Crippen LogP contribution in [0.2, 0.25) is 0 Å². The number of carboxylic acids is 2. The molecule has 0 unspecified atom stereocenters. The standard InChI is InChI=1S/C9H15NO5/c1-5(2)3-6(8(12)13)10-4-7(11)9(14)15/h5-6,10H,3-4H2,1-2H3,(H,12,13)(H,14,15)/t6-/m0/s1. The molecule has 0 fully saturated rings. The van der Waals surface area contributed by atoms with Gasteiger partial charge in [-0.15, -0.1) is 0 Å². The maximum atomic E-state index is 10.7. The van der Waals surface area contributed by atoms with Crippen LogP contribution in [0.4, 0.5) is 0 Å². The van der Waals surface area contributed by atoms with E-state index in [0.29, 0.717) is 6.42 Å². The number of Topliss-reactive ketones (excluding diaryl/α,β-unsaturated/α-hetero) is 1. The lowest BCUT2D eigenvalue weighted by Gasteiger charge is -2.15. The normalized spacial score (nSPS) is 12.5. The van der Waals surface area contributed by atoms with Crippen LogP contribution in [0, 0.1) is 5.92 Å². The van der Waals surface area contributed by atoms with Gasteiger partial charge >= 0.3 is 11.9 Å². The first-order valence-corrected chi connectivity index (χ1v) is 4.57. The minimum absolute atomic E-state index is 0.151. The van der Waals surface area contributed by atoms with Crippen molar-refractivity contribution in [2.45, 2.75) is 26.3 Å². The molecule has 0 saturated heterocycles. The lowest BCUT2D eigenvalue weighted by Crippen LogP contribution is -2.42. The van der Waals surface area contributed by atoms with Crippen LogP contribution in [0.1, 0.15) is 20.3 Å². The van der Waals surface area contributed by atoms with Gasteiger partial charge in [-0.2, -0.15) is 0 Å². The van der Waals surface area contributed by atoms with E-state index in [2.05, 4.69) is 5.32 Å². The van der Waals surface area contributed by atoms with Crippen LogP contribution >= 0.6 is 0 Å². The van der Waals surface area contributed by atoms with E-state index in [9.17, 15) is 14.4 Å². The Kier molecular flexibility index (Phi) is 5.54. The second kappa shape index (κ2) is 6.13. The minimum atomic E-state index is -1.56. The van der Waals surface area contributed by atoms with E-state index in [1.165, 1.54) is 0 Å². The van der Waals surface area contributed by atoms with E-state index in [0.717, 1.165) is 0 Å². The van der Waals surface area contributed by atoms with Crippen molar-refractivity contribution in [2.75, 3.05) is 6.54 Å². The minimum Gasteiger partial charge on any atom is -0.480 e. The molecule has 1 atom stereocenters. The summed E-state index contributed by atoms with van der Waals surface area (Å²) in [6.07, 6.45) is 0.349. The molecule has 0 aromatic rings. The lowest BCUT2D eigenvalue weighted by molar-refractivity contribution is -0.149. The van der Waals surface area contributed by atoms with Crippen molar-refractivity contribution < 1.29 is 24.6 Å². The fourth-order valence-corrected chi connectivity index (χ4v) is 1.03. The smallest absolute Gasteiger partial charge is 0.373 e. The molecule has 6 nitrogen and oxygen atoms in total.